The number of halogens is 1. The molecule has 63 valence electrons. The normalized spacial score (nSPS) is 9.83. The second-order valence-electron chi connectivity index (χ2n) is 2.48. The molecule has 1 aromatic carbocycles. The van der Waals surface area contributed by atoms with E-state index in [4.69, 9.17) is 0 Å². The predicted octanol–water partition coefficient (Wildman–Crippen LogP) is 2.62. The lowest BCUT2D eigenvalue weighted by Crippen LogP contribution is -1.98. The fourth-order valence-corrected chi connectivity index (χ4v) is 0.917. The quantitative estimate of drug-likeness (QED) is 0.629. The Balaban J connectivity index is 2.75. The molecular formula is C10H10FO. The number of benzene rings is 1. The van der Waals surface area contributed by atoms with E-state index in [2.05, 4.69) is 0 Å². The summed E-state index contributed by atoms with van der Waals surface area (Å²) in [6.45, 7) is 1.89. The van der Waals surface area contributed by atoms with Crippen LogP contribution in [0.15, 0.2) is 24.3 Å². The highest BCUT2D eigenvalue weighted by Crippen LogP contribution is 2.05. The maximum atomic E-state index is 12.4. The molecule has 0 unspecified atom stereocenters. The summed E-state index contributed by atoms with van der Waals surface area (Å²) >= 11 is 0. The van der Waals surface area contributed by atoms with Crippen molar-refractivity contribution in [2.45, 2.75) is 13.3 Å². The Morgan fingerprint density at radius 2 is 2.00 bits per heavy atom. The Kier molecular flexibility index (Phi) is 2.97. The van der Waals surface area contributed by atoms with Crippen LogP contribution in [0.3, 0.4) is 0 Å². The first kappa shape index (κ1) is 8.91. The van der Waals surface area contributed by atoms with E-state index in [1.165, 1.54) is 24.3 Å². The lowest BCUT2D eigenvalue weighted by molar-refractivity contribution is 0.102. The van der Waals surface area contributed by atoms with Crippen LogP contribution in [-0.4, -0.2) is 5.78 Å². The van der Waals surface area contributed by atoms with Crippen LogP contribution in [0.4, 0.5) is 4.39 Å². The molecule has 0 fully saturated rings. The second-order valence-corrected chi connectivity index (χ2v) is 2.48. The highest BCUT2D eigenvalue weighted by molar-refractivity contribution is 6.02. The molecule has 0 saturated heterocycles. The van der Waals surface area contributed by atoms with Gasteiger partial charge in [0, 0.05) is 12.0 Å². The molecule has 0 aliphatic rings. The summed E-state index contributed by atoms with van der Waals surface area (Å²) in [5.74, 6) is -0.361. The number of carbonyl (C=O) groups is 1. The van der Waals surface area contributed by atoms with Crippen LogP contribution in [-0.2, 0) is 0 Å². The van der Waals surface area contributed by atoms with Crippen LogP contribution < -0.4 is 0 Å². The third kappa shape index (κ3) is 2.16. The van der Waals surface area contributed by atoms with Crippen molar-refractivity contribution in [3.8, 4) is 0 Å². The van der Waals surface area contributed by atoms with Gasteiger partial charge in [0.1, 0.15) is 5.82 Å². The van der Waals surface area contributed by atoms with E-state index < -0.39 is 0 Å². The van der Waals surface area contributed by atoms with Crippen LogP contribution in [0.5, 0.6) is 0 Å². The Labute approximate surface area is 71.2 Å². The first-order valence-electron chi connectivity index (χ1n) is 3.87. The molecule has 1 nitrogen and oxygen atoms in total. The molecule has 1 rings (SSSR count). The molecule has 0 N–H and O–H groups in total. The van der Waals surface area contributed by atoms with Crippen molar-refractivity contribution < 1.29 is 9.18 Å². The molecule has 0 aliphatic heterocycles. The molecule has 1 aromatic rings. The summed E-state index contributed by atoms with van der Waals surface area (Å²) in [7, 11) is 0. The van der Waals surface area contributed by atoms with Crippen molar-refractivity contribution in [2.24, 2.45) is 0 Å². The Hall–Kier alpha value is -1.18. The van der Waals surface area contributed by atoms with Crippen LogP contribution in [0.1, 0.15) is 23.7 Å². The molecule has 0 saturated carbocycles. The van der Waals surface area contributed by atoms with E-state index in [9.17, 15) is 9.18 Å². The zero-order chi connectivity index (χ0) is 8.97. The van der Waals surface area contributed by atoms with Gasteiger partial charge in [-0.05, 0) is 30.7 Å². The highest BCUT2D eigenvalue weighted by atomic mass is 19.1. The minimum atomic E-state index is -0.317. The summed E-state index contributed by atoms with van der Waals surface area (Å²) in [6, 6.07) is 5.56. The fourth-order valence-electron chi connectivity index (χ4n) is 0.917. The van der Waals surface area contributed by atoms with Gasteiger partial charge in [-0.15, -0.1) is 0 Å². The summed E-state index contributed by atoms with van der Waals surface area (Å²) < 4.78 is 12.4. The van der Waals surface area contributed by atoms with E-state index in [0.717, 1.165) is 0 Å². The molecular weight excluding hydrogens is 155 g/mol. The molecule has 1 radical (unpaired) electrons. The smallest absolute Gasteiger partial charge is 0.166 e. The molecule has 0 amide bonds. The minimum absolute atomic E-state index is 0.0440. The van der Waals surface area contributed by atoms with E-state index in [1.54, 1.807) is 6.42 Å². The number of hydrogen-bond acceptors (Lipinski definition) is 1. The van der Waals surface area contributed by atoms with Crippen molar-refractivity contribution in [2.75, 3.05) is 0 Å². The van der Waals surface area contributed by atoms with Gasteiger partial charge in [0.05, 0.1) is 0 Å². The average Bonchev–Trinajstić information content (AvgIpc) is 2.06. The fraction of sp³-hybridized carbons (Fsp3) is 0.200. The molecule has 2 heteroatoms. The number of Topliss-reactive ketones (excluding diaryl/α,β-unsaturated/α-hetero) is 1. The van der Waals surface area contributed by atoms with Crippen molar-refractivity contribution in [3.63, 3.8) is 0 Å². The third-order valence-electron chi connectivity index (χ3n) is 1.52. The van der Waals surface area contributed by atoms with Gasteiger partial charge in [-0.25, -0.2) is 4.39 Å². The molecule has 0 bridgehead atoms. The Bertz CT molecular complexity index is 264. The maximum Gasteiger partial charge on any atom is 0.166 e. The van der Waals surface area contributed by atoms with E-state index >= 15 is 0 Å². The summed E-state index contributed by atoms with van der Waals surface area (Å²) in [6.07, 6.45) is 2.28. The standard InChI is InChI=1S/C10H10FO/c1-2-3-10(12)8-4-6-9(11)7-5-8/h3-7H,2H2,1H3. The van der Waals surface area contributed by atoms with E-state index in [-0.39, 0.29) is 11.6 Å². The number of rotatable bonds is 3. The van der Waals surface area contributed by atoms with Gasteiger partial charge in [-0.3, -0.25) is 4.79 Å². The number of hydrogen-bond donors (Lipinski definition) is 0. The first-order chi connectivity index (χ1) is 5.74. The van der Waals surface area contributed by atoms with E-state index in [0.29, 0.717) is 12.0 Å². The first-order valence-corrected chi connectivity index (χ1v) is 3.87. The van der Waals surface area contributed by atoms with Gasteiger partial charge in [0.15, 0.2) is 5.78 Å². The summed E-state index contributed by atoms with van der Waals surface area (Å²) in [5, 5.41) is 0. The van der Waals surface area contributed by atoms with Crippen LogP contribution >= 0.6 is 0 Å². The molecule has 12 heavy (non-hydrogen) atoms. The predicted molar refractivity (Wildman–Crippen MR) is 45.3 cm³/mol. The maximum absolute atomic E-state index is 12.4. The molecule has 0 aliphatic carbocycles. The largest absolute Gasteiger partial charge is 0.294 e. The molecule has 0 heterocycles. The monoisotopic (exact) mass is 165 g/mol. The summed E-state index contributed by atoms with van der Waals surface area (Å²) in [5.41, 5.74) is 0.540. The average molecular weight is 165 g/mol. The van der Waals surface area contributed by atoms with Crippen molar-refractivity contribution >= 4 is 5.78 Å². The minimum Gasteiger partial charge on any atom is -0.294 e. The van der Waals surface area contributed by atoms with Crippen molar-refractivity contribution in [1.29, 1.82) is 0 Å². The lowest BCUT2D eigenvalue weighted by atomic mass is 10.1. The van der Waals surface area contributed by atoms with Crippen LogP contribution in [0.2, 0.25) is 0 Å². The van der Waals surface area contributed by atoms with Gasteiger partial charge in [0.25, 0.3) is 0 Å². The Morgan fingerprint density at radius 1 is 1.42 bits per heavy atom. The lowest BCUT2D eigenvalue weighted by Gasteiger charge is -1.96. The van der Waals surface area contributed by atoms with Crippen LogP contribution in [0.25, 0.3) is 0 Å². The zero-order valence-corrected chi connectivity index (χ0v) is 6.88. The van der Waals surface area contributed by atoms with Crippen molar-refractivity contribution in [1.82, 2.24) is 0 Å². The number of carbonyl (C=O) groups excluding carboxylic acids is 1. The van der Waals surface area contributed by atoms with Crippen molar-refractivity contribution in [3.05, 3.63) is 42.1 Å². The van der Waals surface area contributed by atoms with E-state index in [1.807, 2.05) is 6.92 Å². The van der Waals surface area contributed by atoms with Gasteiger partial charge in [-0.2, -0.15) is 0 Å². The highest BCUT2D eigenvalue weighted by Gasteiger charge is 2.03. The molecule has 0 atom stereocenters. The van der Waals surface area contributed by atoms with Gasteiger partial charge in [-0.1, -0.05) is 6.92 Å². The van der Waals surface area contributed by atoms with Crippen LogP contribution in [0, 0.1) is 12.2 Å². The van der Waals surface area contributed by atoms with Gasteiger partial charge in [0.2, 0.25) is 0 Å². The molecule has 0 spiro atoms. The SMILES string of the molecule is CC[CH]C(=O)c1ccc(F)cc1. The molecule has 0 aromatic heterocycles. The second kappa shape index (κ2) is 4.00. The Morgan fingerprint density at radius 3 is 2.50 bits per heavy atom. The third-order valence-corrected chi connectivity index (χ3v) is 1.52. The van der Waals surface area contributed by atoms with Gasteiger partial charge < -0.3 is 0 Å². The summed E-state index contributed by atoms with van der Waals surface area (Å²) in [4.78, 5) is 11.2. The van der Waals surface area contributed by atoms with Gasteiger partial charge >= 0.3 is 0 Å². The topological polar surface area (TPSA) is 17.1 Å². The number of ketones is 1. The zero-order valence-electron chi connectivity index (χ0n) is 6.88.